The Balaban J connectivity index is 0.000000121. The van der Waals surface area contributed by atoms with Crippen molar-refractivity contribution >= 4 is 5.78 Å². The van der Waals surface area contributed by atoms with Crippen LogP contribution in [-0.2, 0) is 14.3 Å². The molecule has 0 bridgehead atoms. The van der Waals surface area contributed by atoms with Gasteiger partial charge < -0.3 is 14.6 Å². The highest BCUT2D eigenvalue weighted by atomic mass is 16.5. The van der Waals surface area contributed by atoms with Crippen molar-refractivity contribution in [2.45, 2.75) is 56.8 Å². The highest BCUT2D eigenvalue weighted by molar-refractivity contribution is 5.91. The Morgan fingerprint density at radius 2 is 1.70 bits per heavy atom. The van der Waals surface area contributed by atoms with Gasteiger partial charge in [0.05, 0.1) is 11.7 Å². The van der Waals surface area contributed by atoms with Crippen molar-refractivity contribution < 1.29 is 19.4 Å². The summed E-state index contributed by atoms with van der Waals surface area (Å²) in [6.07, 6.45) is 3.96. The zero-order chi connectivity index (χ0) is 14.7. The number of carbonyl (C=O) groups excluding carboxylic acids is 1. The molecule has 0 saturated heterocycles. The molecule has 4 aliphatic rings. The number of ether oxygens (including phenoxy) is 2. The van der Waals surface area contributed by atoms with Gasteiger partial charge >= 0.3 is 0 Å². The van der Waals surface area contributed by atoms with Crippen LogP contribution in [0.1, 0.15) is 39.5 Å². The summed E-state index contributed by atoms with van der Waals surface area (Å²) in [6, 6.07) is 0. The molecule has 0 aliphatic heterocycles. The summed E-state index contributed by atoms with van der Waals surface area (Å²) < 4.78 is 10.5. The summed E-state index contributed by atoms with van der Waals surface area (Å²) >= 11 is 0. The average molecular weight is 282 g/mol. The van der Waals surface area contributed by atoms with Crippen molar-refractivity contribution in [1.29, 1.82) is 0 Å². The van der Waals surface area contributed by atoms with Crippen LogP contribution in [0, 0.1) is 23.7 Å². The lowest BCUT2D eigenvalue weighted by molar-refractivity contribution is -0.137. The van der Waals surface area contributed by atoms with E-state index < -0.39 is 5.60 Å². The van der Waals surface area contributed by atoms with E-state index >= 15 is 0 Å². The largest absolute Gasteiger partial charge is 0.390 e. The molecule has 0 spiro atoms. The fraction of sp³-hybridized carbons (Fsp3) is 0.938. The minimum absolute atomic E-state index is 0.218. The van der Waals surface area contributed by atoms with Crippen LogP contribution in [0.4, 0.5) is 0 Å². The third kappa shape index (κ3) is 1.96. The van der Waals surface area contributed by atoms with Crippen molar-refractivity contribution in [1.82, 2.24) is 0 Å². The summed E-state index contributed by atoms with van der Waals surface area (Å²) in [5.41, 5.74) is -0.630. The van der Waals surface area contributed by atoms with Gasteiger partial charge in [-0.05, 0) is 56.8 Å². The third-order valence-corrected chi connectivity index (χ3v) is 6.34. The fourth-order valence-corrected chi connectivity index (χ4v) is 4.33. The molecule has 4 rings (SSSR count). The molecule has 0 aromatic carbocycles. The molecule has 4 fully saturated rings. The summed E-state index contributed by atoms with van der Waals surface area (Å²) in [7, 11) is 3.34. The van der Waals surface area contributed by atoms with Crippen molar-refractivity contribution in [3.63, 3.8) is 0 Å². The molecule has 0 aromatic heterocycles. The van der Waals surface area contributed by atoms with E-state index in [0.717, 1.165) is 18.8 Å². The van der Waals surface area contributed by atoms with Crippen LogP contribution in [0.25, 0.3) is 0 Å². The Morgan fingerprint density at radius 1 is 1.05 bits per heavy atom. The number of rotatable bonds is 2. The SMILES string of the molecule is COC1(C)C(=O)C[C@H]2C[C@H]21.COC1(C)C(O)C[C@H]2C[C@H]21. The van der Waals surface area contributed by atoms with Crippen LogP contribution in [0.15, 0.2) is 0 Å². The number of ketones is 1. The zero-order valence-electron chi connectivity index (χ0n) is 12.9. The quantitative estimate of drug-likeness (QED) is 0.839. The van der Waals surface area contributed by atoms with E-state index in [0.29, 0.717) is 23.5 Å². The second-order valence-electron chi connectivity index (χ2n) is 7.28. The molecule has 4 nitrogen and oxygen atoms in total. The monoisotopic (exact) mass is 282 g/mol. The van der Waals surface area contributed by atoms with Crippen molar-refractivity contribution in [3.8, 4) is 0 Å². The van der Waals surface area contributed by atoms with E-state index in [4.69, 9.17) is 9.47 Å². The van der Waals surface area contributed by atoms with E-state index in [1.807, 2.05) is 13.8 Å². The van der Waals surface area contributed by atoms with E-state index in [1.54, 1.807) is 14.2 Å². The maximum atomic E-state index is 11.2. The first kappa shape index (κ1) is 14.5. The van der Waals surface area contributed by atoms with Crippen LogP contribution >= 0.6 is 0 Å². The maximum Gasteiger partial charge on any atom is 0.164 e. The molecule has 7 atom stereocenters. The van der Waals surface area contributed by atoms with Gasteiger partial charge in [0, 0.05) is 20.6 Å². The van der Waals surface area contributed by atoms with Gasteiger partial charge in [-0.25, -0.2) is 0 Å². The molecule has 3 unspecified atom stereocenters. The van der Waals surface area contributed by atoms with Gasteiger partial charge in [-0.3, -0.25) is 4.79 Å². The molecule has 0 radical (unpaired) electrons. The Labute approximate surface area is 120 Å². The molecule has 1 N–H and O–H groups in total. The van der Waals surface area contributed by atoms with E-state index in [9.17, 15) is 9.90 Å². The minimum atomic E-state index is -0.412. The first-order valence-electron chi connectivity index (χ1n) is 7.68. The molecule has 0 amide bonds. The molecule has 0 heterocycles. The molecule has 4 saturated carbocycles. The zero-order valence-corrected chi connectivity index (χ0v) is 12.9. The van der Waals surface area contributed by atoms with Crippen LogP contribution in [0.5, 0.6) is 0 Å². The van der Waals surface area contributed by atoms with Gasteiger partial charge in [0.15, 0.2) is 5.78 Å². The van der Waals surface area contributed by atoms with Crippen molar-refractivity contribution in [2.24, 2.45) is 23.7 Å². The summed E-state index contributed by atoms with van der Waals surface area (Å²) in [4.78, 5) is 11.2. The van der Waals surface area contributed by atoms with E-state index in [1.165, 1.54) is 12.8 Å². The second kappa shape index (κ2) is 4.52. The number of Topliss-reactive ketones (excluding diaryl/α,β-unsaturated/α-hetero) is 1. The lowest BCUT2D eigenvalue weighted by atomic mass is 9.97. The number of fused-ring (bicyclic) bond motifs is 2. The van der Waals surface area contributed by atoms with Gasteiger partial charge in [-0.15, -0.1) is 0 Å². The van der Waals surface area contributed by atoms with Crippen LogP contribution in [0.3, 0.4) is 0 Å². The number of methoxy groups -OCH3 is 2. The maximum absolute atomic E-state index is 11.2. The predicted molar refractivity (Wildman–Crippen MR) is 74.3 cm³/mol. The molecular formula is C16H26O4. The van der Waals surface area contributed by atoms with Crippen LogP contribution in [-0.4, -0.2) is 42.4 Å². The van der Waals surface area contributed by atoms with Gasteiger partial charge in [0.25, 0.3) is 0 Å². The first-order chi connectivity index (χ1) is 9.36. The highest BCUT2D eigenvalue weighted by Gasteiger charge is 2.61. The number of aliphatic hydroxyl groups excluding tert-OH is 1. The predicted octanol–water partition coefficient (Wildman–Crippen LogP) is 1.79. The topological polar surface area (TPSA) is 55.8 Å². The van der Waals surface area contributed by atoms with E-state index in [-0.39, 0.29) is 11.7 Å². The Morgan fingerprint density at radius 3 is 2.00 bits per heavy atom. The van der Waals surface area contributed by atoms with Crippen LogP contribution in [0.2, 0.25) is 0 Å². The summed E-state index contributed by atoms with van der Waals surface area (Å²) in [5, 5.41) is 9.52. The lowest BCUT2D eigenvalue weighted by Crippen LogP contribution is -2.39. The third-order valence-electron chi connectivity index (χ3n) is 6.34. The number of hydrogen-bond donors (Lipinski definition) is 1. The normalized spacial score (nSPS) is 54.9. The molecule has 0 aromatic rings. The van der Waals surface area contributed by atoms with Crippen LogP contribution < -0.4 is 0 Å². The molecular weight excluding hydrogens is 256 g/mol. The minimum Gasteiger partial charge on any atom is -0.390 e. The van der Waals surface area contributed by atoms with Crippen molar-refractivity contribution in [2.75, 3.05) is 14.2 Å². The molecule has 4 heteroatoms. The highest BCUT2D eigenvalue weighted by Crippen LogP contribution is 2.58. The standard InChI is InChI=1S/C8H14O2.C8H12O2/c2*1-8(10-2)6-3-5(6)4-7(8)9/h5-7,9H,3-4H2,1-2H3;5-6H,3-4H2,1-2H3/t5-,6-,7?,8?;5-,6-,8?/m11/s1. The Hall–Kier alpha value is -0.450. The van der Waals surface area contributed by atoms with Crippen molar-refractivity contribution in [3.05, 3.63) is 0 Å². The van der Waals surface area contributed by atoms with Gasteiger partial charge in [-0.2, -0.15) is 0 Å². The van der Waals surface area contributed by atoms with Gasteiger partial charge in [-0.1, -0.05) is 0 Å². The number of carbonyl (C=O) groups is 1. The van der Waals surface area contributed by atoms with Gasteiger partial charge in [0.1, 0.15) is 5.60 Å². The molecule has 4 aliphatic carbocycles. The fourth-order valence-electron chi connectivity index (χ4n) is 4.33. The summed E-state index contributed by atoms with van der Waals surface area (Å²) in [6.45, 7) is 3.95. The Bertz CT molecular complexity index is 419. The number of hydrogen-bond acceptors (Lipinski definition) is 4. The number of aliphatic hydroxyl groups is 1. The lowest BCUT2D eigenvalue weighted by Gasteiger charge is -2.28. The smallest absolute Gasteiger partial charge is 0.164 e. The molecule has 114 valence electrons. The Kier molecular flexibility index (Phi) is 3.27. The summed E-state index contributed by atoms with van der Waals surface area (Å²) in [5.74, 6) is 2.92. The molecule has 20 heavy (non-hydrogen) atoms. The van der Waals surface area contributed by atoms with E-state index in [2.05, 4.69) is 0 Å². The second-order valence-corrected chi connectivity index (χ2v) is 7.28. The first-order valence-corrected chi connectivity index (χ1v) is 7.68. The average Bonchev–Trinajstić information content (AvgIpc) is 3.31. The van der Waals surface area contributed by atoms with Gasteiger partial charge in [0.2, 0.25) is 0 Å².